The number of hydrogen-bond acceptors (Lipinski definition) is 3. The molecule has 4 nitrogen and oxygen atoms in total. The highest BCUT2D eigenvalue weighted by Crippen LogP contribution is 2.26. The van der Waals surface area contributed by atoms with Crippen molar-refractivity contribution in [2.45, 2.75) is 32.9 Å². The van der Waals surface area contributed by atoms with Crippen LogP contribution in [0, 0.1) is 6.92 Å². The Kier molecular flexibility index (Phi) is 5.06. The molecule has 0 aliphatic rings. The molecule has 21 heavy (non-hydrogen) atoms. The molecule has 1 aromatic heterocycles. The van der Waals surface area contributed by atoms with Crippen molar-refractivity contribution in [1.82, 2.24) is 9.78 Å². The third kappa shape index (κ3) is 3.47. The summed E-state index contributed by atoms with van der Waals surface area (Å²) in [4.78, 5) is 2.08. The fourth-order valence-corrected chi connectivity index (χ4v) is 2.86. The molecule has 0 fully saturated rings. The van der Waals surface area contributed by atoms with Gasteiger partial charge < -0.3 is 10.6 Å². The monoisotopic (exact) mass is 350 g/mol. The molecule has 1 aromatic carbocycles. The second-order valence-electron chi connectivity index (χ2n) is 5.46. The standard InChI is InChI=1S/C16H23BrN4/c1-5-21-15(16(17)11(2)19-21)10-14(18)12-6-8-13(9-7-12)20(3)4/h6-9,14H,5,10,18H2,1-4H3. The van der Waals surface area contributed by atoms with Gasteiger partial charge in [-0.1, -0.05) is 12.1 Å². The van der Waals surface area contributed by atoms with Gasteiger partial charge in [0.25, 0.3) is 0 Å². The first-order valence-corrected chi connectivity index (χ1v) is 7.98. The van der Waals surface area contributed by atoms with Crippen LogP contribution in [0.3, 0.4) is 0 Å². The maximum absolute atomic E-state index is 6.38. The minimum atomic E-state index is -0.0288. The van der Waals surface area contributed by atoms with E-state index in [1.54, 1.807) is 0 Å². The molecule has 0 amide bonds. The fourth-order valence-electron chi connectivity index (χ4n) is 2.41. The second kappa shape index (κ2) is 6.62. The molecule has 1 heterocycles. The largest absolute Gasteiger partial charge is 0.378 e. The zero-order valence-electron chi connectivity index (χ0n) is 13.1. The molecule has 2 N–H and O–H groups in total. The van der Waals surface area contributed by atoms with Gasteiger partial charge in [0.2, 0.25) is 0 Å². The third-order valence-electron chi connectivity index (χ3n) is 3.70. The summed E-state index contributed by atoms with van der Waals surface area (Å²) in [6.45, 7) is 4.96. The van der Waals surface area contributed by atoms with Crippen LogP contribution in [-0.2, 0) is 13.0 Å². The van der Waals surface area contributed by atoms with Gasteiger partial charge in [-0.3, -0.25) is 4.68 Å². The van der Waals surface area contributed by atoms with E-state index in [0.717, 1.165) is 28.7 Å². The first-order valence-electron chi connectivity index (χ1n) is 7.18. The van der Waals surface area contributed by atoms with Crippen LogP contribution in [0.4, 0.5) is 5.69 Å². The molecule has 0 saturated carbocycles. The summed E-state index contributed by atoms with van der Waals surface area (Å²) in [5.74, 6) is 0. The highest BCUT2D eigenvalue weighted by atomic mass is 79.9. The van der Waals surface area contributed by atoms with Crippen LogP contribution in [0.2, 0.25) is 0 Å². The van der Waals surface area contributed by atoms with Crippen molar-refractivity contribution in [2.24, 2.45) is 5.73 Å². The molecule has 1 atom stereocenters. The molecule has 2 rings (SSSR count). The smallest absolute Gasteiger partial charge is 0.0738 e. The minimum absolute atomic E-state index is 0.0288. The predicted octanol–water partition coefficient (Wildman–Crippen LogP) is 3.28. The van der Waals surface area contributed by atoms with E-state index in [-0.39, 0.29) is 6.04 Å². The molecule has 0 spiro atoms. The lowest BCUT2D eigenvalue weighted by Gasteiger charge is -2.16. The van der Waals surface area contributed by atoms with Gasteiger partial charge in [-0.2, -0.15) is 5.10 Å². The number of anilines is 1. The van der Waals surface area contributed by atoms with Gasteiger partial charge in [0.15, 0.2) is 0 Å². The van der Waals surface area contributed by atoms with Crippen molar-refractivity contribution in [3.8, 4) is 0 Å². The quantitative estimate of drug-likeness (QED) is 0.899. The van der Waals surface area contributed by atoms with Crippen molar-refractivity contribution in [3.05, 3.63) is 45.7 Å². The lowest BCUT2D eigenvalue weighted by atomic mass is 10.0. The van der Waals surface area contributed by atoms with E-state index in [0.29, 0.717) is 0 Å². The van der Waals surface area contributed by atoms with Crippen molar-refractivity contribution < 1.29 is 0 Å². The zero-order chi connectivity index (χ0) is 15.6. The minimum Gasteiger partial charge on any atom is -0.378 e. The molecule has 0 saturated heterocycles. The number of halogens is 1. The fraction of sp³-hybridized carbons (Fsp3) is 0.438. The molecule has 0 bridgehead atoms. The van der Waals surface area contributed by atoms with Gasteiger partial charge in [-0.05, 0) is 47.5 Å². The van der Waals surface area contributed by atoms with Gasteiger partial charge in [0, 0.05) is 38.8 Å². The van der Waals surface area contributed by atoms with Gasteiger partial charge in [-0.25, -0.2) is 0 Å². The summed E-state index contributed by atoms with van der Waals surface area (Å²) in [6, 6.07) is 8.39. The number of aromatic nitrogens is 2. The number of hydrogen-bond donors (Lipinski definition) is 1. The molecule has 0 radical (unpaired) electrons. The Bertz CT molecular complexity index is 601. The topological polar surface area (TPSA) is 47.1 Å². The highest BCUT2D eigenvalue weighted by molar-refractivity contribution is 9.10. The second-order valence-corrected chi connectivity index (χ2v) is 6.25. The van der Waals surface area contributed by atoms with Gasteiger partial charge in [0.1, 0.15) is 0 Å². The number of benzene rings is 1. The van der Waals surface area contributed by atoms with E-state index >= 15 is 0 Å². The van der Waals surface area contributed by atoms with E-state index in [9.17, 15) is 0 Å². The molecule has 0 aliphatic carbocycles. The molecule has 5 heteroatoms. The van der Waals surface area contributed by atoms with Crippen molar-refractivity contribution >= 4 is 21.6 Å². The molecule has 0 aliphatic heterocycles. The summed E-state index contributed by atoms with van der Waals surface area (Å²) >= 11 is 3.63. The molecular weight excluding hydrogens is 328 g/mol. The van der Waals surface area contributed by atoms with Gasteiger partial charge >= 0.3 is 0 Å². The maximum Gasteiger partial charge on any atom is 0.0738 e. The number of nitrogens with zero attached hydrogens (tertiary/aromatic N) is 3. The third-order valence-corrected chi connectivity index (χ3v) is 4.74. The SMILES string of the molecule is CCn1nc(C)c(Br)c1CC(N)c1ccc(N(C)C)cc1. The molecule has 2 aromatic rings. The Morgan fingerprint density at radius 1 is 1.29 bits per heavy atom. The Labute approximate surface area is 135 Å². The van der Waals surface area contributed by atoms with E-state index in [4.69, 9.17) is 5.73 Å². The number of aryl methyl sites for hydroxylation is 2. The normalized spacial score (nSPS) is 12.5. The van der Waals surface area contributed by atoms with E-state index in [1.807, 2.05) is 25.7 Å². The van der Waals surface area contributed by atoms with Crippen LogP contribution in [-0.4, -0.2) is 23.9 Å². The van der Waals surface area contributed by atoms with Crippen LogP contribution < -0.4 is 10.6 Å². The summed E-state index contributed by atoms with van der Waals surface area (Å²) in [7, 11) is 4.07. The number of rotatable bonds is 5. The molecule has 1 unspecified atom stereocenters. The Morgan fingerprint density at radius 3 is 2.43 bits per heavy atom. The summed E-state index contributed by atoms with van der Waals surface area (Å²) in [5, 5.41) is 4.52. The summed E-state index contributed by atoms with van der Waals surface area (Å²) < 4.78 is 3.10. The lowest BCUT2D eigenvalue weighted by Crippen LogP contribution is -2.17. The van der Waals surface area contributed by atoms with Crippen LogP contribution in [0.1, 0.15) is 29.9 Å². The Morgan fingerprint density at radius 2 is 1.90 bits per heavy atom. The summed E-state index contributed by atoms with van der Waals surface area (Å²) in [5.41, 5.74) is 10.9. The van der Waals surface area contributed by atoms with E-state index in [2.05, 4.69) is 57.1 Å². The van der Waals surface area contributed by atoms with Gasteiger partial charge in [-0.15, -0.1) is 0 Å². The predicted molar refractivity (Wildman–Crippen MR) is 91.7 cm³/mol. The van der Waals surface area contributed by atoms with Crippen LogP contribution in [0.5, 0.6) is 0 Å². The molecule has 114 valence electrons. The number of nitrogens with two attached hydrogens (primary N) is 1. The van der Waals surface area contributed by atoms with Crippen molar-refractivity contribution in [3.63, 3.8) is 0 Å². The van der Waals surface area contributed by atoms with E-state index in [1.165, 1.54) is 11.4 Å². The summed E-state index contributed by atoms with van der Waals surface area (Å²) in [6.07, 6.45) is 0.774. The average molecular weight is 351 g/mol. The van der Waals surface area contributed by atoms with Crippen molar-refractivity contribution in [2.75, 3.05) is 19.0 Å². The van der Waals surface area contributed by atoms with Crippen LogP contribution in [0.25, 0.3) is 0 Å². The first-order chi connectivity index (χ1) is 9.93. The average Bonchev–Trinajstić information content (AvgIpc) is 2.75. The highest BCUT2D eigenvalue weighted by Gasteiger charge is 2.16. The van der Waals surface area contributed by atoms with Crippen LogP contribution >= 0.6 is 15.9 Å². The van der Waals surface area contributed by atoms with E-state index < -0.39 is 0 Å². The Hall–Kier alpha value is -1.33. The van der Waals surface area contributed by atoms with Crippen LogP contribution in [0.15, 0.2) is 28.7 Å². The first kappa shape index (κ1) is 16.0. The van der Waals surface area contributed by atoms with Crippen molar-refractivity contribution in [1.29, 1.82) is 0 Å². The van der Waals surface area contributed by atoms with Gasteiger partial charge in [0.05, 0.1) is 15.9 Å². The lowest BCUT2D eigenvalue weighted by molar-refractivity contribution is 0.586. The molecular formula is C16H23BrN4. The maximum atomic E-state index is 6.38. The zero-order valence-corrected chi connectivity index (χ0v) is 14.7. The Balaban J connectivity index is 2.19.